The number of anilines is 3. The number of aryl methyl sites for hydroxylation is 1. The number of para-hydroxylation sites is 1. The van der Waals surface area contributed by atoms with Gasteiger partial charge in [0.05, 0.1) is 10.3 Å². The zero-order valence-corrected chi connectivity index (χ0v) is 18.6. The maximum Gasteiger partial charge on any atom is 0.266 e. The number of fused-ring (bicyclic) bond motifs is 1. The van der Waals surface area contributed by atoms with E-state index in [9.17, 15) is 13.6 Å². The summed E-state index contributed by atoms with van der Waals surface area (Å²) in [7, 11) is 0. The van der Waals surface area contributed by atoms with Gasteiger partial charge in [0.15, 0.2) is 0 Å². The molecule has 5 rings (SSSR count). The number of carbonyl (C=O) groups is 1. The number of pyridine rings is 1. The van der Waals surface area contributed by atoms with Crippen LogP contribution < -0.4 is 15.1 Å². The second-order valence-electron chi connectivity index (χ2n) is 7.65. The average molecular weight is 467 g/mol. The summed E-state index contributed by atoms with van der Waals surface area (Å²) in [5.41, 5.74) is 0.225. The predicted molar refractivity (Wildman–Crippen MR) is 125 cm³/mol. The van der Waals surface area contributed by atoms with Crippen molar-refractivity contribution in [2.24, 2.45) is 0 Å². The molecule has 1 saturated heterocycles. The Balaban J connectivity index is 1.41. The fourth-order valence-electron chi connectivity index (χ4n) is 3.99. The van der Waals surface area contributed by atoms with Crippen molar-refractivity contribution in [2.75, 3.05) is 41.3 Å². The van der Waals surface area contributed by atoms with Crippen molar-refractivity contribution in [2.45, 2.75) is 6.92 Å². The minimum atomic E-state index is -0.826. The highest BCUT2D eigenvalue weighted by Crippen LogP contribution is 2.36. The molecule has 1 aromatic carbocycles. The molecule has 0 saturated carbocycles. The van der Waals surface area contributed by atoms with E-state index in [0.717, 1.165) is 55.3 Å². The van der Waals surface area contributed by atoms with Crippen molar-refractivity contribution in [3.63, 3.8) is 0 Å². The first-order chi connectivity index (χ1) is 16.0. The normalized spacial score (nSPS) is 14.0. The summed E-state index contributed by atoms with van der Waals surface area (Å²) in [5, 5.41) is 3.15. The van der Waals surface area contributed by atoms with E-state index in [1.165, 1.54) is 23.7 Å². The Bertz CT molecular complexity index is 1300. The lowest BCUT2D eigenvalue weighted by molar-refractivity contribution is 0.102. The van der Waals surface area contributed by atoms with E-state index in [4.69, 9.17) is 0 Å². The van der Waals surface area contributed by atoms with E-state index in [0.29, 0.717) is 15.3 Å². The SMILES string of the molecule is Cc1c(C(=O)Nc2c(F)cccc2F)sc2ncnc(N3CCN(c4ccccn4)CC3)c12. The van der Waals surface area contributed by atoms with E-state index in [1.54, 1.807) is 6.20 Å². The molecule has 0 spiro atoms. The van der Waals surface area contributed by atoms with Crippen LogP contribution in [-0.2, 0) is 0 Å². The second-order valence-corrected chi connectivity index (χ2v) is 8.65. The number of nitrogens with one attached hydrogen (secondary N) is 1. The highest BCUT2D eigenvalue weighted by Gasteiger charge is 2.25. The number of hydrogen-bond acceptors (Lipinski definition) is 7. The highest BCUT2D eigenvalue weighted by molar-refractivity contribution is 7.20. The van der Waals surface area contributed by atoms with Crippen LogP contribution in [-0.4, -0.2) is 47.0 Å². The Morgan fingerprint density at radius 1 is 0.970 bits per heavy atom. The van der Waals surface area contributed by atoms with Crippen LogP contribution in [0.2, 0.25) is 0 Å². The van der Waals surface area contributed by atoms with Crippen LogP contribution in [0.1, 0.15) is 15.2 Å². The fraction of sp³-hybridized carbons (Fsp3) is 0.217. The van der Waals surface area contributed by atoms with Crippen molar-refractivity contribution < 1.29 is 13.6 Å². The number of hydrogen-bond donors (Lipinski definition) is 1. The first-order valence-electron chi connectivity index (χ1n) is 10.4. The quantitative estimate of drug-likeness (QED) is 0.485. The largest absolute Gasteiger partial charge is 0.353 e. The molecular weight excluding hydrogens is 446 g/mol. The van der Waals surface area contributed by atoms with Gasteiger partial charge in [0, 0.05) is 32.4 Å². The van der Waals surface area contributed by atoms with Crippen molar-refractivity contribution in [1.29, 1.82) is 0 Å². The first-order valence-corrected chi connectivity index (χ1v) is 11.2. The van der Waals surface area contributed by atoms with E-state index in [2.05, 4.69) is 30.1 Å². The molecule has 1 N–H and O–H groups in total. The van der Waals surface area contributed by atoms with Crippen molar-refractivity contribution in [1.82, 2.24) is 15.0 Å². The Labute approximate surface area is 192 Å². The summed E-state index contributed by atoms with van der Waals surface area (Å²) >= 11 is 1.18. The Morgan fingerprint density at radius 3 is 2.39 bits per heavy atom. The van der Waals surface area contributed by atoms with Crippen molar-refractivity contribution in [3.05, 3.63) is 71.0 Å². The van der Waals surface area contributed by atoms with E-state index >= 15 is 0 Å². The van der Waals surface area contributed by atoms with Crippen LogP contribution in [0.5, 0.6) is 0 Å². The summed E-state index contributed by atoms with van der Waals surface area (Å²) in [5.74, 6) is -0.534. The average Bonchev–Trinajstić information content (AvgIpc) is 3.19. The summed E-state index contributed by atoms with van der Waals surface area (Å²) in [4.78, 5) is 31.5. The van der Waals surface area contributed by atoms with Crippen LogP contribution in [0.4, 0.5) is 26.1 Å². The van der Waals surface area contributed by atoms with Crippen LogP contribution in [0.25, 0.3) is 10.2 Å². The fourth-order valence-corrected chi connectivity index (χ4v) is 5.02. The second kappa shape index (κ2) is 8.70. The van der Waals surface area contributed by atoms with E-state index in [-0.39, 0.29) is 0 Å². The Morgan fingerprint density at radius 2 is 1.70 bits per heavy atom. The zero-order valence-electron chi connectivity index (χ0n) is 17.8. The highest BCUT2D eigenvalue weighted by atomic mass is 32.1. The molecule has 33 heavy (non-hydrogen) atoms. The monoisotopic (exact) mass is 466 g/mol. The van der Waals surface area contributed by atoms with Gasteiger partial charge in [-0.05, 0) is 36.8 Å². The molecule has 0 radical (unpaired) electrons. The molecule has 1 amide bonds. The summed E-state index contributed by atoms with van der Waals surface area (Å²) in [6.07, 6.45) is 3.26. The minimum Gasteiger partial charge on any atom is -0.353 e. The molecule has 0 atom stereocenters. The maximum absolute atomic E-state index is 14.0. The lowest BCUT2D eigenvalue weighted by Crippen LogP contribution is -2.47. The van der Waals surface area contributed by atoms with E-state index in [1.807, 2.05) is 25.1 Å². The number of benzene rings is 1. The minimum absolute atomic E-state index is 0.349. The van der Waals surface area contributed by atoms with Crippen LogP contribution in [0, 0.1) is 18.6 Å². The van der Waals surface area contributed by atoms with Gasteiger partial charge >= 0.3 is 0 Å². The number of amides is 1. The topological polar surface area (TPSA) is 74.2 Å². The molecule has 168 valence electrons. The van der Waals surface area contributed by atoms with Crippen molar-refractivity contribution >= 4 is 44.8 Å². The van der Waals surface area contributed by atoms with Gasteiger partial charge in [-0.15, -0.1) is 11.3 Å². The summed E-state index contributed by atoms with van der Waals surface area (Å²) in [6, 6.07) is 9.31. The number of nitrogens with zero attached hydrogens (tertiary/aromatic N) is 5. The van der Waals surface area contributed by atoms with Crippen LogP contribution in [0.15, 0.2) is 48.9 Å². The van der Waals surface area contributed by atoms with Gasteiger partial charge in [-0.2, -0.15) is 0 Å². The van der Waals surface area contributed by atoms with Gasteiger partial charge in [-0.1, -0.05) is 12.1 Å². The zero-order chi connectivity index (χ0) is 22.9. The van der Waals surface area contributed by atoms with Crippen LogP contribution in [0.3, 0.4) is 0 Å². The van der Waals surface area contributed by atoms with Gasteiger partial charge < -0.3 is 15.1 Å². The van der Waals surface area contributed by atoms with Gasteiger partial charge in [-0.3, -0.25) is 4.79 Å². The van der Waals surface area contributed by atoms with E-state index < -0.39 is 23.2 Å². The third-order valence-electron chi connectivity index (χ3n) is 5.67. The molecule has 7 nitrogen and oxygen atoms in total. The molecular formula is C23H20F2N6OS. The van der Waals surface area contributed by atoms with Crippen LogP contribution >= 0.6 is 11.3 Å². The third-order valence-corrected chi connectivity index (χ3v) is 6.87. The molecule has 4 heterocycles. The standard InChI is InChI=1S/C23H20F2N6OS/c1-14-18-21(31-11-9-30(10-12-31)17-7-2-3-8-26-17)27-13-28-23(18)33-20(14)22(32)29-19-15(24)5-4-6-16(19)25/h2-8,13H,9-12H2,1H3,(H,29,32). The van der Waals surface area contributed by atoms with Gasteiger partial charge in [0.1, 0.15) is 40.1 Å². The van der Waals surface area contributed by atoms with Gasteiger partial charge in [-0.25, -0.2) is 23.7 Å². The predicted octanol–water partition coefficient (Wildman–Crippen LogP) is 4.25. The summed E-state index contributed by atoms with van der Waals surface area (Å²) in [6.45, 7) is 4.85. The lowest BCUT2D eigenvalue weighted by atomic mass is 10.1. The number of rotatable bonds is 4. The first kappa shape index (κ1) is 21.2. The molecule has 0 bridgehead atoms. The smallest absolute Gasteiger partial charge is 0.266 e. The molecule has 1 aliphatic heterocycles. The summed E-state index contributed by atoms with van der Waals surface area (Å²) < 4.78 is 28.0. The Kier molecular flexibility index (Phi) is 5.59. The lowest BCUT2D eigenvalue weighted by Gasteiger charge is -2.36. The number of piperazine rings is 1. The van der Waals surface area contributed by atoms with Gasteiger partial charge in [0.25, 0.3) is 5.91 Å². The number of carbonyl (C=O) groups excluding carboxylic acids is 1. The molecule has 4 aromatic rings. The molecule has 0 unspecified atom stereocenters. The Hall–Kier alpha value is -3.66. The molecule has 1 aliphatic rings. The molecule has 10 heteroatoms. The van der Waals surface area contributed by atoms with Crippen molar-refractivity contribution in [3.8, 4) is 0 Å². The third kappa shape index (κ3) is 3.97. The van der Waals surface area contributed by atoms with Gasteiger partial charge in [0.2, 0.25) is 0 Å². The number of halogens is 2. The number of aromatic nitrogens is 3. The maximum atomic E-state index is 14.0. The molecule has 1 fully saturated rings. The number of thiophene rings is 1. The molecule has 0 aliphatic carbocycles. The molecule has 3 aromatic heterocycles.